The quantitative estimate of drug-likeness (QED) is 0.846. The number of amides is 1. The van der Waals surface area contributed by atoms with Crippen molar-refractivity contribution >= 4 is 11.6 Å². The van der Waals surface area contributed by atoms with Crippen LogP contribution in [-0.4, -0.2) is 33.2 Å². The van der Waals surface area contributed by atoms with E-state index in [-0.39, 0.29) is 11.9 Å². The molecule has 1 aliphatic rings. The van der Waals surface area contributed by atoms with Crippen LogP contribution in [0.15, 0.2) is 36.4 Å². The zero-order valence-corrected chi connectivity index (χ0v) is 16.5. The van der Waals surface area contributed by atoms with Gasteiger partial charge in [0.25, 0.3) is 0 Å². The van der Waals surface area contributed by atoms with Gasteiger partial charge in [0.1, 0.15) is 11.5 Å². The Balaban J connectivity index is 1.70. The highest BCUT2D eigenvalue weighted by Crippen LogP contribution is 2.30. The molecule has 5 heteroatoms. The Hall–Kier alpha value is -2.69. The van der Waals surface area contributed by atoms with E-state index in [0.29, 0.717) is 6.54 Å². The molecular formula is C22H28N2O3. The molecule has 2 aromatic rings. The Morgan fingerprint density at radius 1 is 1.19 bits per heavy atom. The zero-order valence-electron chi connectivity index (χ0n) is 16.5. The summed E-state index contributed by atoms with van der Waals surface area (Å²) in [4.78, 5) is 14.9. The Morgan fingerprint density at radius 2 is 2.00 bits per heavy atom. The predicted molar refractivity (Wildman–Crippen MR) is 108 cm³/mol. The summed E-state index contributed by atoms with van der Waals surface area (Å²) in [6, 6.07) is 11.9. The van der Waals surface area contributed by atoms with Crippen molar-refractivity contribution in [2.45, 2.75) is 32.7 Å². The Labute approximate surface area is 161 Å². The van der Waals surface area contributed by atoms with Crippen molar-refractivity contribution in [3.05, 3.63) is 53.1 Å². The van der Waals surface area contributed by atoms with Gasteiger partial charge in [-0.15, -0.1) is 0 Å². The molecular weight excluding hydrogens is 340 g/mol. The first-order chi connectivity index (χ1) is 13.0. The molecule has 0 radical (unpaired) electrons. The normalized spacial score (nSPS) is 14.3. The molecule has 0 unspecified atom stereocenters. The topological polar surface area (TPSA) is 50.8 Å². The molecule has 1 aliphatic heterocycles. The summed E-state index contributed by atoms with van der Waals surface area (Å²) in [6.45, 7) is 5.32. The highest BCUT2D eigenvalue weighted by atomic mass is 16.5. The number of carbonyl (C=O) groups excluding carboxylic acids is 1. The van der Waals surface area contributed by atoms with E-state index in [0.717, 1.165) is 36.4 Å². The smallest absolute Gasteiger partial charge is 0.239 e. The Morgan fingerprint density at radius 3 is 2.74 bits per heavy atom. The third kappa shape index (κ3) is 4.35. The van der Waals surface area contributed by atoms with E-state index in [4.69, 9.17) is 9.47 Å². The van der Waals surface area contributed by atoms with Crippen molar-refractivity contribution in [1.82, 2.24) is 5.32 Å². The molecule has 0 saturated carbocycles. The minimum Gasteiger partial charge on any atom is -0.497 e. The van der Waals surface area contributed by atoms with Gasteiger partial charge in [0.05, 0.1) is 26.8 Å². The third-order valence-corrected chi connectivity index (χ3v) is 5.07. The molecule has 27 heavy (non-hydrogen) atoms. The lowest BCUT2D eigenvalue weighted by Gasteiger charge is -2.31. The maximum absolute atomic E-state index is 12.7. The van der Waals surface area contributed by atoms with Crippen molar-refractivity contribution in [2.75, 3.05) is 32.2 Å². The molecule has 0 bridgehead atoms. The van der Waals surface area contributed by atoms with Crippen LogP contribution in [0.3, 0.4) is 0 Å². The molecule has 1 amide bonds. The Bertz CT molecular complexity index is 819. The van der Waals surface area contributed by atoms with Crippen LogP contribution in [0.1, 0.15) is 36.1 Å². The minimum atomic E-state index is -0.176. The average Bonchev–Trinajstić information content (AvgIpc) is 2.67. The molecule has 1 atom stereocenters. The highest BCUT2D eigenvalue weighted by Gasteiger charge is 2.21. The van der Waals surface area contributed by atoms with Gasteiger partial charge in [0.2, 0.25) is 5.91 Å². The van der Waals surface area contributed by atoms with Crippen LogP contribution in [-0.2, 0) is 11.2 Å². The number of nitrogens with one attached hydrogen (secondary N) is 1. The van der Waals surface area contributed by atoms with Gasteiger partial charge in [0.15, 0.2) is 0 Å². The van der Waals surface area contributed by atoms with Gasteiger partial charge in [-0.1, -0.05) is 17.7 Å². The molecule has 3 rings (SSSR count). The summed E-state index contributed by atoms with van der Waals surface area (Å²) in [5.41, 5.74) is 4.67. The van der Waals surface area contributed by atoms with Gasteiger partial charge < -0.3 is 19.7 Å². The first-order valence-electron chi connectivity index (χ1n) is 9.37. The number of hydrogen-bond donors (Lipinski definition) is 1. The molecule has 0 aliphatic carbocycles. The number of benzene rings is 2. The van der Waals surface area contributed by atoms with Gasteiger partial charge in [-0.25, -0.2) is 0 Å². The largest absolute Gasteiger partial charge is 0.497 e. The number of aryl methyl sites for hydroxylation is 2. The van der Waals surface area contributed by atoms with Gasteiger partial charge in [-0.05, 0) is 56.5 Å². The summed E-state index contributed by atoms with van der Waals surface area (Å²) in [7, 11) is 3.26. The molecule has 1 heterocycles. The molecule has 5 nitrogen and oxygen atoms in total. The fraction of sp³-hybridized carbons (Fsp3) is 0.409. The van der Waals surface area contributed by atoms with E-state index in [1.807, 2.05) is 25.1 Å². The van der Waals surface area contributed by atoms with Crippen LogP contribution >= 0.6 is 0 Å². The fourth-order valence-electron chi connectivity index (χ4n) is 3.68. The van der Waals surface area contributed by atoms with E-state index in [2.05, 4.69) is 35.3 Å². The van der Waals surface area contributed by atoms with Crippen molar-refractivity contribution in [1.29, 1.82) is 0 Å². The summed E-state index contributed by atoms with van der Waals surface area (Å²) < 4.78 is 10.7. The summed E-state index contributed by atoms with van der Waals surface area (Å²) in [6.07, 6.45) is 2.15. The van der Waals surface area contributed by atoms with Crippen molar-refractivity contribution in [2.24, 2.45) is 0 Å². The van der Waals surface area contributed by atoms with Crippen molar-refractivity contribution in [3.63, 3.8) is 0 Å². The zero-order chi connectivity index (χ0) is 19.4. The number of hydrogen-bond acceptors (Lipinski definition) is 4. The van der Waals surface area contributed by atoms with E-state index < -0.39 is 0 Å². The van der Waals surface area contributed by atoms with Crippen LogP contribution in [0.25, 0.3) is 0 Å². The lowest BCUT2D eigenvalue weighted by molar-refractivity contribution is -0.120. The second-order valence-electron chi connectivity index (χ2n) is 7.05. The monoisotopic (exact) mass is 368 g/mol. The van der Waals surface area contributed by atoms with Gasteiger partial charge in [-0.2, -0.15) is 0 Å². The predicted octanol–water partition coefficient (Wildman–Crippen LogP) is 3.64. The second-order valence-corrected chi connectivity index (χ2v) is 7.05. The summed E-state index contributed by atoms with van der Waals surface area (Å²) in [5, 5.41) is 3.10. The van der Waals surface area contributed by atoms with Crippen LogP contribution in [0, 0.1) is 6.92 Å². The lowest BCUT2D eigenvalue weighted by atomic mass is 9.99. The maximum atomic E-state index is 12.7. The molecule has 0 aromatic heterocycles. The van der Waals surface area contributed by atoms with Crippen molar-refractivity contribution in [3.8, 4) is 11.5 Å². The third-order valence-electron chi connectivity index (χ3n) is 5.07. The maximum Gasteiger partial charge on any atom is 0.239 e. The molecule has 0 fully saturated rings. The number of nitrogens with zero attached hydrogens (tertiary/aromatic N) is 1. The highest BCUT2D eigenvalue weighted by molar-refractivity contribution is 5.82. The average molecular weight is 368 g/mol. The first kappa shape index (κ1) is 19.1. The van der Waals surface area contributed by atoms with Crippen LogP contribution in [0.4, 0.5) is 5.69 Å². The number of rotatable bonds is 6. The summed E-state index contributed by atoms with van der Waals surface area (Å²) in [5.74, 6) is 1.48. The SMILES string of the molecule is COc1ccc(OC)c([C@H](C)NC(=O)CN2CCCc3cc(C)ccc32)c1. The van der Waals surface area contributed by atoms with Gasteiger partial charge in [0, 0.05) is 17.8 Å². The molecule has 1 N–H and O–H groups in total. The van der Waals surface area contributed by atoms with E-state index in [9.17, 15) is 4.79 Å². The molecule has 144 valence electrons. The van der Waals surface area contributed by atoms with E-state index in [1.54, 1.807) is 14.2 Å². The fourth-order valence-corrected chi connectivity index (χ4v) is 3.68. The number of fused-ring (bicyclic) bond motifs is 1. The number of anilines is 1. The van der Waals surface area contributed by atoms with Crippen LogP contribution in [0.2, 0.25) is 0 Å². The van der Waals surface area contributed by atoms with E-state index in [1.165, 1.54) is 16.8 Å². The standard InChI is InChI=1S/C22H28N2O3/c1-15-7-9-20-17(12-15)6-5-11-24(20)14-22(25)23-16(2)19-13-18(26-3)8-10-21(19)27-4/h7-10,12-13,16H,5-6,11,14H2,1-4H3,(H,23,25)/t16-/m0/s1. The van der Waals surface area contributed by atoms with Gasteiger partial charge >= 0.3 is 0 Å². The molecule has 0 spiro atoms. The van der Waals surface area contributed by atoms with Gasteiger partial charge in [-0.3, -0.25) is 4.79 Å². The summed E-state index contributed by atoms with van der Waals surface area (Å²) >= 11 is 0. The minimum absolute atomic E-state index is 0.000739. The lowest BCUT2D eigenvalue weighted by Crippen LogP contribution is -2.40. The first-order valence-corrected chi connectivity index (χ1v) is 9.37. The molecule has 0 saturated heterocycles. The van der Waals surface area contributed by atoms with E-state index >= 15 is 0 Å². The Kier molecular flexibility index (Phi) is 5.89. The number of ether oxygens (including phenoxy) is 2. The number of methoxy groups -OCH3 is 2. The van der Waals surface area contributed by atoms with Crippen LogP contribution < -0.4 is 19.7 Å². The number of carbonyl (C=O) groups is 1. The van der Waals surface area contributed by atoms with Crippen LogP contribution in [0.5, 0.6) is 11.5 Å². The second kappa shape index (κ2) is 8.33. The van der Waals surface area contributed by atoms with Crippen molar-refractivity contribution < 1.29 is 14.3 Å². The molecule has 2 aromatic carbocycles.